The van der Waals surface area contributed by atoms with Crippen molar-refractivity contribution < 1.29 is 4.74 Å². The van der Waals surface area contributed by atoms with E-state index in [4.69, 9.17) is 4.74 Å². The number of hydrogen-bond acceptors (Lipinski definition) is 5. The molecule has 0 aromatic rings. The molecule has 88 valence electrons. The molecule has 0 atom stereocenters. The molecule has 2 aliphatic rings. The molecule has 0 aromatic carbocycles. The maximum Gasteiger partial charge on any atom is 0.0594 e. The van der Waals surface area contributed by atoms with Crippen LogP contribution >= 0.6 is 12.8 Å². The van der Waals surface area contributed by atoms with E-state index in [-0.39, 0.29) is 0 Å². The van der Waals surface area contributed by atoms with Gasteiger partial charge in [-0.05, 0) is 0 Å². The summed E-state index contributed by atoms with van der Waals surface area (Å²) in [6, 6.07) is 0. The largest absolute Gasteiger partial charge is 0.379 e. The SMILES string of the molecule is SN1CCN(CCN2CCOCC2)CC1. The Labute approximate surface area is 97.7 Å². The quantitative estimate of drug-likeness (QED) is 0.677. The van der Waals surface area contributed by atoms with E-state index in [0.29, 0.717) is 0 Å². The Morgan fingerprint density at radius 3 is 1.93 bits per heavy atom. The summed E-state index contributed by atoms with van der Waals surface area (Å²) in [7, 11) is 0. The van der Waals surface area contributed by atoms with E-state index in [2.05, 4.69) is 26.9 Å². The molecule has 0 unspecified atom stereocenters. The first-order valence-electron chi connectivity index (χ1n) is 5.81. The van der Waals surface area contributed by atoms with E-state index in [1.165, 1.54) is 13.1 Å². The number of piperazine rings is 1. The van der Waals surface area contributed by atoms with Crippen molar-refractivity contribution in [3.05, 3.63) is 0 Å². The average molecular weight is 231 g/mol. The lowest BCUT2D eigenvalue weighted by Crippen LogP contribution is -2.47. The molecule has 0 aliphatic carbocycles. The summed E-state index contributed by atoms with van der Waals surface area (Å²) in [6.07, 6.45) is 0. The molecule has 15 heavy (non-hydrogen) atoms. The van der Waals surface area contributed by atoms with E-state index in [1.807, 2.05) is 0 Å². The minimum Gasteiger partial charge on any atom is -0.379 e. The van der Waals surface area contributed by atoms with Crippen molar-refractivity contribution >= 4 is 12.8 Å². The van der Waals surface area contributed by atoms with Crippen LogP contribution in [-0.4, -0.2) is 79.7 Å². The highest BCUT2D eigenvalue weighted by Gasteiger charge is 2.16. The number of hydrogen-bond donors (Lipinski definition) is 1. The van der Waals surface area contributed by atoms with E-state index in [9.17, 15) is 0 Å². The van der Waals surface area contributed by atoms with Gasteiger partial charge in [-0.1, -0.05) is 12.8 Å². The zero-order valence-corrected chi connectivity index (χ0v) is 10.2. The predicted octanol–water partition coefficient (Wildman–Crippen LogP) is -0.219. The third kappa shape index (κ3) is 3.92. The smallest absolute Gasteiger partial charge is 0.0594 e. The summed E-state index contributed by atoms with van der Waals surface area (Å²) in [5, 5.41) is 0. The van der Waals surface area contributed by atoms with Crippen molar-refractivity contribution in [3.8, 4) is 0 Å². The van der Waals surface area contributed by atoms with Crippen LogP contribution in [0.5, 0.6) is 0 Å². The average Bonchev–Trinajstić information content (AvgIpc) is 2.30. The van der Waals surface area contributed by atoms with Crippen molar-refractivity contribution in [1.29, 1.82) is 0 Å². The van der Waals surface area contributed by atoms with E-state index in [1.54, 1.807) is 0 Å². The number of morpholine rings is 1. The highest BCUT2D eigenvalue weighted by Crippen LogP contribution is 2.04. The fourth-order valence-electron chi connectivity index (χ4n) is 2.07. The fraction of sp³-hybridized carbons (Fsp3) is 1.00. The first-order chi connectivity index (χ1) is 7.34. The van der Waals surface area contributed by atoms with Gasteiger partial charge in [-0.2, -0.15) is 0 Å². The van der Waals surface area contributed by atoms with Crippen LogP contribution in [0.4, 0.5) is 0 Å². The Balaban J connectivity index is 1.60. The third-order valence-electron chi connectivity index (χ3n) is 3.18. The standard InChI is InChI=1S/C10H21N3OS/c15-13-5-3-11(4-6-13)1-2-12-7-9-14-10-8-12/h15H,1-10H2. The molecule has 0 saturated carbocycles. The van der Waals surface area contributed by atoms with E-state index < -0.39 is 0 Å². The minimum atomic E-state index is 0.907. The summed E-state index contributed by atoms with van der Waals surface area (Å²) >= 11 is 4.35. The van der Waals surface area contributed by atoms with Crippen molar-refractivity contribution in [2.45, 2.75) is 0 Å². The maximum absolute atomic E-state index is 5.33. The Hall–Kier alpha value is 0.190. The van der Waals surface area contributed by atoms with Crippen LogP contribution in [0.15, 0.2) is 0 Å². The van der Waals surface area contributed by atoms with E-state index in [0.717, 1.165) is 52.5 Å². The molecule has 2 saturated heterocycles. The summed E-state index contributed by atoms with van der Waals surface area (Å²) in [5.41, 5.74) is 0. The normalized spacial score (nSPS) is 27.0. The van der Waals surface area contributed by atoms with Gasteiger partial charge in [0.1, 0.15) is 0 Å². The van der Waals surface area contributed by atoms with Crippen LogP contribution in [0.25, 0.3) is 0 Å². The summed E-state index contributed by atoms with van der Waals surface area (Å²) < 4.78 is 7.44. The predicted molar refractivity (Wildman–Crippen MR) is 64.3 cm³/mol. The first kappa shape index (κ1) is 11.7. The van der Waals surface area contributed by atoms with Crippen molar-refractivity contribution in [2.75, 3.05) is 65.6 Å². The molecular formula is C10H21N3OS. The molecule has 5 heteroatoms. The topological polar surface area (TPSA) is 19.0 Å². The fourth-order valence-corrected chi connectivity index (χ4v) is 2.25. The van der Waals surface area contributed by atoms with Gasteiger partial charge in [0.2, 0.25) is 0 Å². The van der Waals surface area contributed by atoms with Gasteiger partial charge in [0.15, 0.2) is 0 Å². The number of ether oxygens (including phenoxy) is 1. The molecule has 0 radical (unpaired) electrons. The van der Waals surface area contributed by atoms with Crippen LogP contribution in [0, 0.1) is 0 Å². The third-order valence-corrected chi connectivity index (χ3v) is 3.58. The van der Waals surface area contributed by atoms with Crippen LogP contribution in [0.1, 0.15) is 0 Å². The van der Waals surface area contributed by atoms with Gasteiger partial charge in [-0.3, -0.25) is 14.1 Å². The van der Waals surface area contributed by atoms with Crippen LogP contribution in [0.2, 0.25) is 0 Å². The van der Waals surface area contributed by atoms with Gasteiger partial charge >= 0.3 is 0 Å². The van der Waals surface area contributed by atoms with Gasteiger partial charge in [0.25, 0.3) is 0 Å². The van der Waals surface area contributed by atoms with Crippen molar-refractivity contribution in [1.82, 2.24) is 14.1 Å². The van der Waals surface area contributed by atoms with Gasteiger partial charge in [0, 0.05) is 52.4 Å². The second kappa shape index (κ2) is 6.06. The van der Waals surface area contributed by atoms with Crippen LogP contribution < -0.4 is 0 Å². The molecule has 4 nitrogen and oxygen atoms in total. The molecule has 2 rings (SSSR count). The van der Waals surface area contributed by atoms with Crippen LogP contribution in [0.3, 0.4) is 0 Å². The summed E-state index contributed by atoms with van der Waals surface area (Å²) in [5.74, 6) is 0. The molecular weight excluding hydrogens is 210 g/mol. The zero-order chi connectivity index (χ0) is 10.5. The Morgan fingerprint density at radius 2 is 1.33 bits per heavy atom. The monoisotopic (exact) mass is 231 g/mol. The summed E-state index contributed by atoms with van der Waals surface area (Å²) in [4.78, 5) is 5.03. The molecule has 0 aromatic heterocycles. The number of thiol groups is 1. The molecule has 0 amide bonds. The molecule has 0 spiro atoms. The second-order valence-electron chi connectivity index (χ2n) is 4.25. The molecule has 2 fully saturated rings. The van der Waals surface area contributed by atoms with Gasteiger partial charge in [-0.15, -0.1) is 0 Å². The molecule has 0 bridgehead atoms. The van der Waals surface area contributed by atoms with Crippen molar-refractivity contribution in [2.24, 2.45) is 0 Å². The second-order valence-corrected chi connectivity index (χ2v) is 4.82. The van der Waals surface area contributed by atoms with Crippen molar-refractivity contribution in [3.63, 3.8) is 0 Å². The van der Waals surface area contributed by atoms with Crippen LogP contribution in [-0.2, 0) is 4.74 Å². The molecule has 0 N–H and O–H groups in total. The Morgan fingerprint density at radius 1 is 0.800 bits per heavy atom. The van der Waals surface area contributed by atoms with Gasteiger partial charge in [0.05, 0.1) is 13.2 Å². The lowest BCUT2D eigenvalue weighted by Gasteiger charge is -2.34. The minimum absolute atomic E-state index is 0.907. The number of rotatable bonds is 3. The van der Waals surface area contributed by atoms with E-state index >= 15 is 0 Å². The lowest BCUT2D eigenvalue weighted by molar-refractivity contribution is 0.0319. The molecule has 2 heterocycles. The number of nitrogens with zero attached hydrogens (tertiary/aromatic N) is 3. The molecule has 2 aliphatic heterocycles. The zero-order valence-electron chi connectivity index (χ0n) is 9.27. The Kier molecular flexibility index (Phi) is 4.71. The highest BCUT2D eigenvalue weighted by atomic mass is 32.1. The highest BCUT2D eigenvalue weighted by molar-refractivity contribution is 7.77. The van der Waals surface area contributed by atoms with Gasteiger partial charge < -0.3 is 4.74 Å². The lowest BCUT2D eigenvalue weighted by atomic mass is 10.3. The Bertz CT molecular complexity index is 180. The van der Waals surface area contributed by atoms with Gasteiger partial charge in [-0.25, -0.2) is 0 Å². The summed E-state index contributed by atoms with van der Waals surface area (Å²) in [6.45, 7) is 10.9. The first-order valence-corrected chi connectivity index (χ1v) is 6.21. The maximum atomic E-state index is 5.33.